The summed E-state index contributed by atoms with van der Waals surface area (Å²) in [4.78, 5) is 2.43. The van der Waals surface area contributed by atoms with Crippen molar-refractivity contribution in [2.45, 2.75) is 50.7 Å². The lowest BCUT2D eigenvalue weighted by molar-refractivity contribution is -0.228. The van der Waals surface area contributed by atoms with Crippen LogP contribution in [0.1, 0.15) is 19.4 Å². The van der Waals surface area contributed by atoms with Gasteiger partial charge in [-0.3, -0.25) is 4.90 Å². The van der Waals surface area contributed by atoms with Crippen molar-refractivity contribution in [1.29, 1.82) is 0 Å². The van der Waals surface area contributed by atoms with Crippen LogP contribution in [-0.2, 0) is 20.8 Å². The molecule has 3 saturated heterocycles. The molecule has 0 aliphatic carbocycles. The molecule has 4 rings (SSSR count). The van der Waals surface area contributed by atoms with Gasteiger partial charge in [-0.1, -0.05) is 30.3 Å². The van der Waals surface area contributed by atoms with Crippen molar-refractivity contribution in [1.82, 2.24) is 4.90 Å². The minimum Gasteiger partial charge on any atom is -0.343 e. The summed E-state index contributed by atoms with van der Waals surface area (Å²) in [5.41, 5.74) is 1.34. The Bertz CT molecular complexity index is 476. The second-order valence-corrected chi connectivity index (χ2v) is 6.05. The molecular formula is C15H19NO3. The first kappa shape index (κ1) is 11.9. The smallest absolute Gasteiger partial charge is 0.189 e. The summed E-state index contributed by atoms with van der Waals surface area (Å²) in [7, 11) is 0. The summed E-state index contributed by atoms with van der Waals surface area (Å²) in [5.74, 6) is -0.520. The number of likely N-dealkylation sites (tertiary alicyclic amines) is 1. The fourth-order valence-corrected chi connectivity index (χ4v) is 3.35. The minimum absolute atomic E-state index is 0.0532. The second kappa shape index (κ2) is 4.03. The van der Waals surface area contributed by atoms with Crippen molar-refractivity contribution in [2.24, 2.45) is 0 Å². The maximum absolute atomic E-state index is 5.99. The number of hydrogen-bond donors (Lipinski definition) is 0. The largest absolute Gasteiger partial charge is 0.343 e. The Hall–Kier alpha value is -0.940. The molecule has 0 bridgehead atoms. The van der Waals surface area contributed by atoms with Gasteiger partial charge in [-0.05, 0) is 19.4 Å². The molecule has 0 unspecified atom stereocenters. The molecule has 4 atom stereocenters. The minimum atomic E-state index is -0.520. The first-order valence-electron chi connectivity index (χ1n) is 6.91. The van der Waals surface area contributed by atoms with E-state index in [-0.39, 0.29) is 18.5 Å². The van der Waals surface area contributed by atoms with Crippen molar-refractivity contribution in [3.05, 3.63) is 35.9 Å². The molecule has 0 spiro atoms. The van der Waals surface area contributed by atoms with Crippen LogP contribution in [-0.4, -0.2) is 41.8 Å². The molecule has 0 aromatic heterocycles. The predicted octanol–water partition coefficient (Wildman–Crippen LogP) is 1.75. The Morgan fingerprint density at radius 2 is 2.00 bits per heavy atom. The molecule has 3 fully saturated rings. The molecule has 102 valence electrons. The van der Waals surface area contributed by atoms with Gasteiger partial charge >= 0.3 is 0 Å². The van der Waals surface area contributed by atoms with Crippen LogP contribution in [0, 0.1) is 0 Å². The maximum atomic E-state index is 5.99. The predicted molar refractivity (Wildman–Crippen MR) is 69.3 cm³/mol. The summed E-state index contributed by atoms with van der Waals surface area (Å²) >= 11 is 0. The van der Waals surface area contributed by atoms with E-state index in [2.05, 4.69) is 29.2 Å². The zero-order chi connectivity index (χ0) is 13.0. The molecule has 19 heavy (non-hydrogen) atoms. The van der Waals surface area contributed by atoms with E-state index in [4.69, 9.17) is 14.2 Å². The first-order chi connectivity index (χ1) is 9.12. The van der Waals surface area contributed by atoms with Gasteiger partial charge in [0.05, 0.1) is 12.1 Å². The highest BCUT2D eigenvalue weighted by Crippen LogP contribution is 2.44. The number of fused-ring (bicyclic) bond motifs is 3. The van der Waals surface area contributed by atoms with E-state index >= 15 is 0 Å². The van der Waals surface area contributed by atoms with Gasteiger partial charge < -0.3 is 14.2 Å². The molecule has 3 aliphatic rings. The number of rotatable bonds is 2. The van der Waals surface area contributed by atoms with Crippen LogP contribution in [0.4, 0.5) is 0 Å². The van der Waals surface area contributed by atoms with Gasteiger partial charge in [0.1, 0.15) is 6.10 Å². The van der Waals surface area contributed by atoms with Gasteiger partial charge in [-0.15, -0.1) is 0 Å². The summed E-state index contributed by atoms with van der Waals surface area (Å²) < 4.78 is 17.7. The molecule has 1 aromatic rings. The Morgan fingerprint density at radius 1 is 1.21 bits per heavy atom. The summed E-state index contributed by atoms with van der Waals surface area (Å²) in [6.45, 7) is 5.83. The van der Waals surface area contributed by atoms with Crippen LogP contribution in [0.5, 0.6) is 0 Å². The number of ether oxygens (including phenoxy) is 3. The van der Waals surface area contributed by atoms with Gasteiger partial charge in [0, 0.05) is 13.1 Å². The quantitative estimate of drug-likeness (QED) is 0.811. The van der Waals surface area contributed by atoms with E-state index < -0.39 is 5.79 Å². The van der Waals surface area contributed by atoms with Crippen molar-refractivity contribution in [3.63, 3.8) is 0 Å². The summed E-state index contributed by atoms with van der Waals surface area (Å²) in [5, 5.41) is 0. The highest BCUT2D eigenvalue weighted by atomic mass is 16.8. The number of hydrogen-bond acceptors (Lipinski definition) is 4. The van der Waals surface area contributed by atoms with E-state index in [0.29, 0.717) is 6.04 Å². The molecule has 3 aliphatic heterocycles. The Labute approximate surface area is 113 Å². The lowest BCUT2D eigenvalue weighted by Crippen LogP contribution is -2.61. The average Bonchev–Trinajstić information content (AvgIpc) is 2.75. The second-order valence-electron chi connectivity index (χ2n) is 6.05. The fourth-order valence-electron chi connectivity index (χ4n) is 3.35. The molecule has 1 aromatic carbocycles. The summed E-state index contributed by atoms with van der Waals surface area (Å²) in [6.07, 6.45) is 0.137. The van der Waals surface area contributed by atoms with E-state index in [1.807, 2.05) is 19.9 Å². The molecular weight excluding hydrogens is 242 g/mol. The Morgan fingerprint density at radius 3 is 2.79 bits per heavy atom. The zero-order valence-corrected chi connectivity index (χ0v) is 11.3. The Balaban J connectivity index is 1.47. The molecule has 3 heterocycles. The van der Waals surface area contributed by atoms with E-state index in [9.17, 15) is 0 Å². The highest BCUT2D eigenvalue weighted by molar-refractivity contribution is 5.17. The monoisotopic (exact) mass is 261 g/mol. The average molecular weight is 261 g/mol. The topological polar surface area (TPSA) is 30.9 Å². The van der Waals surface area contributed by atoms with E-state index in [0.717, 1.165) is 13.1 Å². The van der Waals surface area contributed by atoms with Gasteiger partial charge in [-0.2, -0.15) is 0 Å². The SMILES string of the molecule is CC1(C)O[C@H]2O[C@@H]3CN(Cc4ccccc4)[C@@H]3[C@H]2O1. The van der Waals surface area contributed by atoms with Crippen molar-refractivity contribution >= 4 is 0 Å². The molecule has 0 N–H and O–H groups in total. The van der Waals surface area contributed by atoms with Gasteiger partial charge in [-0.25, -0.2) is 0 Å². The third-order valence-corrected chi connectivity index (χ3v) is 4.18. The lowest BCUT2D eigenvalue weighted by Gasteiger charge is -2.45. The maximum Gasteiger partial charge on any atom is 0.189 e. The van der Waals surface area contributed by atoms with Gasteiger partial charge in [0.2, 0.25) is 0 Å². The molecule has 0 radical (unpaired) electrons. The first-order valence-corrected chi connectivity index (χ1v) is 6.91. The van der Waals surface area contributed by atoms with Crippen molar-refractivity contribution < 1.29 is 14.2 Å². The third-order valence-electron chi connectivity index (χ3n) is 4.18. The Kier molecular flexibility index (Phi) is 2.51. The number of benzene rings is 1. The zero-order valence-electron chi connectivity index (χ0n) is 11.3. The summed E-state index contributed by atoms with van der Waals surface area (Å²) in [6, 6.07) is 10.9. The molecule has 0 saturated carbocycles. The standard InChI is InChI=1S/C15H19NO3/c1-15(2)18-13-12-11(17-14(13)19-15)9-16(12)8-10-6-4-3-5-7-10/h3-7,11-14H,8-9H2,1-2H3/t11-,12+,13-,14-/m1/s1. The van der Waals surface area contributed by atoms with Crippen molar-refractivity contribution in [2.75, 3.05) is 6.54 Å². The number of nitrogens with zero attached hydrogens (tertiary/aromatic N) is 1. The van der Waals surface area contributed by atoms with Crippen LogP contribution in [0.15, 0.2) is 30.3 Å². The van der Waals surface area contributed by atoms with E-state index in [1.54, 1.807) is 0 Å². The van der Waals surface area contributed by atoms with Gasteiger partial charge in [0.15, 0.2) is 12.1 Å². The van der Waals surface area contributed by atoms with E-state index in [1.165, 1.54) is 5.56 Å². The van der Waals surface area contributed by atoms with Crippen LogP contribution in [0.25, 0.3) is 0 Å². The third kappa shape index (κ3) is 1.91. The van der Waals surface area contributed by atoms with Crippen LogP contribution in [0.2, 0.25) is 0 Å². The molecule has 0 amide bonds. The fraction of sp³-hybridized carbons (Fsp3) is 0.600. The van der Waals surface area contributed by atoms with Gasteiger partial charge in [0.25, 0.3) is 0 Å². The van der Waals surface area contributed by atoms with Crippen molar-refractivity contribution in [3.8, 4) is 0 Å². The van der Waals surface area contributed by atoms with Crippen LogP contribution < -0.4 is 0 Å². The normalized spacial score (nSPS) is 39.7. The molecule has 4 nitrogen and oxygen atoms in total. The van der Waals surface area contributed by atoms with Crippen LogP contribution in [0.3, 0.4) is 0 Å². The molecule has 4 heteroatoms. The lowest BCUT2D eigenvalue weighted by atomic mass is 9.95. The van der Waals surface area contributed by atoms with Crippen LogP contribution >= 0.6 is 0 Å². The highest BCUT2D eigenvalue weighted by Gasteiger charge is 2.60.